The maximum absolute atomic E-state index is 12.8. The third kappa shape index (κ3) is 5.66. The molecule has 0 unspecified atom stereocenters. The lowest BCUT2D eigenvalue weighted by molar-refractivity contribution is -0.119. The first kappa shape index (κ1) is 17.4. The number of anilines is 1. The molecule has 23 heavy (non-hydrogen) atoms. The van der Waals surface area contributed by atoms with Gasteiger partial charge in [-0.25, -0.2) is 9.82 Å². The zero-order valence-electron chi connectivity index (χ0n) is 14.2. The Kier molecular flexibility index (Phi) is 5.74. The Morgan fingerprint density at radius 2 is 1.83 bits per heavy atom. The highest BCUT2D eigenvalue weighted by Gasteiger charge is 2.28. The van der Waals surface area contributed by atoms with Gasteiger partial charge in [-0.1, -0.05) is 20.8 Å². The van der Waals surface area contributed by atoms with Crippen LogP contribution in [0.3, 0.4) is 0 Å². The summed E-state index contributed by atoms with van der Waals surface area (Å²) in [5.74, 6) is 0.231. The Balaban J connectivity index is 1.73. The van der Waals surface area contributed by atoms with Gasteiger partial charge in [-0.2, -0.15) is 5.10 Å². The molecule has 2 N–H and O–H groups in total. The van der Waals surface area contributed by atoms with Gasteiger partial charge in [-0.05, 0) is 61.3 Å². The Labute approximate surface area is 137 Å². The number of carbonyl (C=O) groups excluding carboxylic acids is 1. The van der Waals surface area contributed by atoms with E-state index in [9.17, 15) is 9.18 Å². The number of nitrogens with zero attached hydrogens (tertiary/aromatic N) is 1. The number of hydrogen-bond donors (Lipinski definition) is 2. The Bertz CT molecular complexity index is 551. The zero-order chi connectivity index (χ0) is 16.9. The number of carbonyl (C=O) groups is 1. The van der Waals surface area contributed by atoms with Crippen molar-refractivity contribution in [3.05, 3.63) is 30.1 Å². The first-order valence-electron chi connectivity index (χ1n) is 8.18. The van der Waals surface area contributed by atoms with Crippen LogP contribution in [0.2, 0.25) is 0 Å². The zero-order valence-corrected chi connectivity index (χ0v) is 14.2. The summed E-state index contributed by atoms with van der Waals surface area (Å²) in [5.41, 5.74) is 4.72. The van der Waals surface area contributed by atoms with Crippen LogP contribution >= 0.6 is 0 Å². The second-order valence-electron chi connectivity index (χ2n) is 7.21. The first-order chi connectivity index (χ1) is 10.8. The summed E-state index contributed by atoms with van der Waals surface area (Å²) in [4.78, 5) is 11.8. The van der Waals surface area contributed by atoms with Gasteiger partial charge < -0.3 is 5.32 Å². The predicted molar refractivity (Wildman–Crippen MR) is 91.9 cm³/mol. The van der Waals surface area contributed by atoms with Crippen molar-refractivity contribution in [1.29, 1.82) is 0 Å². The summed E-state index contributed by atoms with van der Waals surface area (Å²) < 4.78 is 12.8. The van der Waals surface area contributed by atoms with Gasteiger partial charge in [0.15, 0.2) is 0 Å². The van der Waals surface area contributed by atoms with Gasteiger partial charge in [0, 0.05) is 11.4 Å². The van der Waals surface area contributed by atoms with Crippen molar-refractivity contribution in [2.24, 2.45) is 16.4 Å². The van der Waals surface area contributed by atoms with Gasteiger partial charge in [0.05, 0.1) is 6.54 Å². The predicted octanol–water partition coefficient (Wildman–Crippen LogP) is 3.95. The topological polar surface area (TPSA) is 53.5 Å². The summed E-state index contributed by atoms with van der Waals surface area (Å²) in [7, 11) is 0. The summed E-state index contributed by atoms with van der Waals surface area (Å²) in [6.45, 7) is 6.96. The fraction of sp³-hybridized carbons (Fsp3) is 0.556. The van der Waals surface area contributed by atoms with Crippen LogP contribution in [0.4, 0.5) is 10.1 Å². The lowest BCUT2D eigenvalue weighted by Gasteiger charge is -2.34. The smallest absolute Gasteiger partial charge is 0.259 e. The van der Waals surface area contributed by atoms with E-state index < -0.39 is 0 Å². The quantitative estimate of drug-likeness (QED) is 0.826. The van der Waals surface area contributed by atoms with E-state index in [2.05, 4.69) is 36.6 Å². The molecule has 1 aromatic rings. The number of hydrogen-bond acceptors (Lipinski definition) is 3. The molecule has 4 nitrogen and oxygen atoms in total. The third-order valence-corrected chi connectivity index (χ3v) is 4.42. The molecule has 2 rings (SSSR count). The number of benzene rings is 1. The van der Waals surface area contributed by atoms with Gasteiger partial charge in [0.2, 0.25) is 0 Å². The standard InChI is InChI=1S/C18H26FN3O/c1-18(2,3)13-4-8-16(9-5-13)21-22-17(23)12-20-15-10-6-14(19)7-11-15/h6-7,10-11,13,20H,4-5,8-9,12H2,1-3H3,(H,22,23). The molecule has 5 heteroatoms. The highest BCUT2D eigenvalue weighted by atomic mass is 19.1. The maximum atomic E-state index is 12.8. The Morgan fingerprint density at radius 1 is 1.22 bits per heavy atom. The van der Waals surface area contributed by atoms with E-state index in [4.69, 9.17) is 0 Å². The summed E-state index contributed by atoms with van der Waals surface area (Å²) in [5, 5.41) is 7.18. The van der Waals surface area contributed by atoms with Crippen LogP contribution in [0.1, 0.15) is 46.5 Å². The maximum Gasteiger partial charge on any atom is 0.259 e. The molecule has 1 aliphatic carbocycles. The molecule has 0 bridgehead atoms. The number of nitrogens with one attached hydrogen (secondary N) is 2. The molecule has 1 fully saturated rings. The van der Waals surface area contributed by atoms with Gasteiger partial charge in [-0.3, -0.25) is 4.79 Å². The molecular formula is C18H26FN3O. The molecule has 1 aromatic carbocycles. The van der Waals surface area contributed by atoms with Gasteiger partial charge in [0.1, 0.15) is 5.82 Å². The number of halogens is 1. The van der Waals surface area contributed by atoms with Crippen LogP contribution in [-0.2, 0) is 4.79 Å². The van der Waals surface area contributed by atoms with Gasteiger partial charge in [0.25, 0.3) is 5.91 Å². The average Bonchev–Trinajstić information content (AvgIpc) is 2.52. The fourth-order valence-corrected chi connectivity index (χ4v) is 2.86. The molecule has 1 aliphatic rings. The van der Waals surface area contributed by atoms with Crippen LogP contribution in [0.15, 0.2) is 29.4 Å². The third-order valence-electron chi connectivity index (χ3n) is 4.42. The fourth-order valence-electron chi connectivity index (χ4n) is 2.86. The molecule has 0 aromatic heterocycles. The Morgan fingerprint density at radius 3 is 2.39 bits per heavy atom. The molecule has 1 saturated carbocycles. The molecule has 0 saturated heterocycles. The minimum atomic E-state index is -0.294. The monoisotopic (exact) mass is 319 g/mol. The molecule has 0 atom stereocenters. The number of rotatable bonds is 4. The van der Waals surface area contributed by atoms with Crippen molar-refractivity contribution < 1.29 is 9.18 Å². The molecule has 0 radical (unpaired) electrons. The molecule has 0 spiro atoms. The molecular weight excluding hydrogens is 293 g/mol. The lowest BCUT2D eigenvalue weighted by Crippen LogP contribution is -2.29. The average molecular weight is 319 g/mol. The van der Waals surface area contributed by atoms with E-state index in [1.165, 1.54) is 12.1 Å². The van der Waals surface area contributed by atoms with Crippen LogP contribution in [-0.4, -0.2) is 18.2 Å². The summed E-state index contributed by atoms with van der Waals surface area (Å²) in [6.07, 6.45) is 4.17. The highest BCUT2D eigenvalue weighted by Crippen LogP contribution is 2.36. The molecule has 1 amide bonds. The minimum Gasteiger partial charge on any atom is -0.376 e. The second-order valence-corrected chi connectivity index (χ2v) is 7.21. The van der Waals surface area contributed by atoms with E-state index in [1.54, 1.807) is 12.1 Å². The van der Waals surface area contributed by atoms with E-state index >= 15 is 0 Å². The van der Waals surface area contributed by atoms with Crippen LogP contribution in [0.25, 0.3) is 0 Å². The van der Waals surface area contributed by atoms with Crippen molar-refractivity contribution in [3.63, 3.8) is 0 Å². The molecule has 0 aliphatic heterocycles. The number of hydrazone groups is 1. The van der Waals surface area contributed by atoms with Crippen LogP contribution in [0, 0.1) is 17.2 Å². The normalized spacial score (nSPS) is 18.4. The molecule has 0 heterocycles. The van der Waals surface area contributed by atoms with Gasteiger partial charge in [-0.15, -0.1) is 0 Å². The van der Waals surface area contributed by atoms with Crippen LogP contribution in [0.5, 0.6) is 0 Å². The van der Waals surface area contributed by atoms with Crippen molar-refractivity contribution >= 4 is 17.3 Å². The summed E-state index contributed by atoms with van der Waals surface area (Å²) >= 11 is 0. The van der Waals surface area contributed by atoms with Crippen molar-refractivity contribution in [1.82, 2.24) is 5.43 Å². The summed E-state index contributed by atoms with van der Waals surface area (Å²) in [6, 6.07) is 5.91. The largest absolute Gasteiger partial charge is 0.376 e. The van der Waals surface area contributed by atoms with Crippen molar-refractivity contribution in [2.45, 2.75) is 46.5 Å². The molecule has 126 valence electrons. The second kappa shape index (κ2) is 7.57. The van der Waals surface area contributed by atoms with Crippen molar-refractivity contribution in [3.8, 4) is 0 Å². The minimum absolute atomic E-state index is 0.118. The SMILES string of the molecule is CC(C)(C)C1CCC(=NNC(=O)CNc2ccc(F)cc2)CC1. The first-order valence-corrected chi connectivity index (χ1v) is 8.18. The van der Waals surface area contributed by atoms with Crippen LogP contribution < -0.4 is 10.7 Å². The number of amides is 1. The van der Waals surface area contributed by atoms with E-state index in [-0.39, 0.29) is 18.3 Å². The van der Waals surface area contributed by atoms with Gasteiger partial charge >= 0.3 is 0 Å². The Hall–Kier alpha value is -1.91. The van der Waals surface area contributed by atoms with E-state index in [0.29, 0.717) is 11.1 Å². The van der Waals surface area contributed by atoms with E-state index in [1.807, 2.05) is 0 Å². The van der Waals surface area contributed by atoms with Crippen molar-refractivity contribution in [2.75, 3.05) is 11.9 Å². The highest BCUT2D eigenvalue weighted by molar-refractivity contribution is 5.87. The van der Waals surface area contributed by atoms with E-state index in [0.717, 1.165) is 37.3 Å². The lowest BCUT2D eigenvalue weighted by atomic mass is 9.72.